The topological polar surface area (TPSA) is 53.0 Å². The molecule has 0 N–H and O–H groups in total. The first-order valence-electron chi connectivity index (χ1n) is 6.75. The van der Waals surface area contributed by atoms with Crippen LogP contribution in [0.15, 0.2) is 42.2 Å². The first-order valence-corrected chi connectivity index (χ1v) is 6.75. The standard InChI is InChI=1S/C16H17NO4/c1-10-14(19-10)20-13-9-17(15(18)21-16(2,3)4)12-8-6-5-7-11(12)13/h5-9H,1-4H3. The normalized spacial score (nSPS) is 14.1. The van der Waals surface area contributed by atoms with Crippen LogP contribution in [0, 0.1) is 0 Å². The second-order valence-corrected chi connectivity index (χ2v) is 5.91. The summed E-state index contributed by atoms with van der Waals surface area (Å²) >= 11 is 0. The Bertz CT molecular complexity index is 749. The summed E-state index contributed by atoms with van der Waals surface area (Å²) in [6.45, 7) is 7.32. The number of aromatic nitrogens is 1. The van der Waals surface area contributed by atoms with Crippen molar-refractivity contribution in [3.8, 4) is 5.75 Å². The lowest BCUT2D eigenvalue weighted by molar-refractivity contribution is 0.0543. The van der Waals surface area contributed by atoms with Crippen molar-refractivity contribution in [3.63, 3.8) is 0 Å². The Morgan fingerprint density at radius 1 is 1.24 bits per heavy atom. The van der Waals surface area contributed by atoms with E-state index < -0.39 is 11.7 Å². The Kier molecular flexibility index (Phi) is 2.93. The summed E-state index contributed by atoms with van der Waals surface area (Å²) in [5, 5.41) is 0.833. The molecule has 110 valence electrons. The van der Waals surface area contributed by atoms with Crippen LogP contribution in [0.3, 0.4) is 0 Å². The van der Waals surface area contributed by atoms with Crippen LogP contribution < -0.4 is 4.74 Å². The van der Waals surface area contributed by atoms with Crippen molar-refractivity contribution in [1.82, 2.24) is 4.57 Å². The molecule has 0 saturated heterocycles. The van der Waals surface area contributed by atoms with Crippen molar-refractivity contribution in [2.45, 2.75) is 33.3 Å². The third-order valence-corrected chi connectivity index (χ3v) is 2.96. The predicted molar refractivity (Wildman–Crippen MR) is 78.0 cm³/mol. The molecule has 2 aromatic rings. The zero-order valence-corrected chi connectivity index (χ0v) is 12.5. The minimum absolute atomic E-state index is 0.434. The summed E-state index contributed by atoms with van der Waals surface area (Å²) < 4.78 is 17.6. The molecule has 0 unspecified atom stereocenters. The molecule has 5 nitrogen and oxygen atoms in total. The minimum Gasteiger partial charge on any atom is -0.443 e. The van der Waals surface area contributed by atoms with E-state index in [9.17, 15) is 4.79 Å². The molecule has 1 aromatic carbocycles. The number of nitrogens with zero attached hydrogens (tertiary/aromatic N) is 1. The first kappa shape index (κ1) is 13.5. The number of ether oxygens (including phenoxy) is 3. The Labute approximate surface area is 122 Å². The molecular formula is C16H17NO4. The smallest absolute Gasteiger partial charge is 0.419 e. The quantitative estimate of drug-likeness (QED) is 0.837. The van der Waals surface area contributed by atoms with Crippen LogP contribution in [0.25, 0.3) is 10.9 Å². The van der Waals surface area contributed by atoms with E-state index in [1.54, 1.807) is 6.20 Å². The summed E-state index contributed by atoms with van der Waals surface area (Å²) in [4.78, 5) is 12.3. The Morgan fingerprint density at radius 3 is 2.52 bits per heavy atom. The van der Waals surface area contributed by atoms with Gasteiger partial charge in [-0.2, -0.15) is 0 Å². The molecule has 1 aliphatic rings. The number of para-hydroxylation sites is 1. The molecule has 1 aromatic heterocycles. The van der Waals surface area contributed by atoms with Gasteiger partial charge in [0, 0.05) is 12.3 Å². The highest BCUT2D eigenvalue weighted by molar-refractivity contribution is 5.94. The van der Waals surface area contributed by atoms with Crippen molar-refractivity contribution >= 4 is 17.0 Å². The summed E-state index contributed by atoms with van der Waals surface area (Å²) in [5.41, 5.74) is 0.183. The summed E-state index contributed by atoms with van der Waals surface area (Å²) in [5.74, 6) is 1.81. The van der Waals surface area contributed by atoms with E-state index in [4.69, 9.17) is 14.2 Å². The highest BCUT2D eigenvalue weighted by Crippen LogP contribution is 2.34. The van der Waals surface area contributed by atoms with E-state index >= 15 is 0 Å². The molecule has 0 spiro atoms. The predicted octanol–water partition coefficient (Wildman–Crippen LogP) is 4.02. The lowest BCUT2D eigenvalue weighted by Gasteiger charge is -2.19. The molecule has 0 fully saturated rings. The maximum atomic E-state index is 12.3. The van der Waals surface area contributed by atoms with Crippen molar-refractivity contribution in [3.05, 3.63) is 42.2 Å². The highest BCUT2D eigenvalue weighted by Gasteiger charge is 2.26. The summed E-state index contributed by atoms with van der Waals surface area (Å²) in [7, 11) is 0. The van der Waals surface area contributed by atoms with Gasteiger partial charge in [0.05, 0.1) is 11.7 Å². The fourth-order valence-electron chi connectivity index (χ4n) is 2.00. The highest BCUT2D eigenvalue weighted by atomic mass is 16.7. The zero-order valence-electron chi connectivity index (χ0n) is 12.5. The Balaban J connectivity index is 2.00. The van der Waals surface area contributed by atoms with E-state index in [2.05, 4.69) is 0 Å². The van der Waals surface area contributed by atoms with Gasteiger partial charge in [-0.1, -0.05) is 12.1 Å². The van der Waals surface area contributed by atoms with E-state index in [0.29, 0.717) is 11.7 Å². The van der Waals surface area contributed by atoms with Gasteiger partial charge in [-0.25, -0.2) is 9.36 Å². The zero-order chi connectivity index (χ0) is 15.2. The van der Waals surface area contributed by atoms with Gasteiger partial charge in [-0.15, -0.1) is 0 Å². The summed E-state index contributed by atoms with van der Waals surface area (Å²) in [6, 6.07) is 7.50. The van der Waals surface area contributed by atoms with Crippen molar-refractivity contribution in [2.75, 3.05) is 0 Å². The van der Waals surface area contributed by atoms with Crippen LogP contribution in [-0.2, 0) is 9.47 Å². The number of benzene rings is 1. The van der Waals surface area contributed by atoms with Crippen molar-refractivity contribution < 1.29 is 19.0 Å². The van der Waals surface area contributed by atoms with Gasteiger partial charge in [-0.05, 0) is 32.9 Å². The molecule has 3 rings (SSSR count). The third kappa shape index (κ3) is 2.72. The van der Waals surface area contributed by atoms with E-state index in [0.717, 1.165) is 16.7 Å². The van der Waals surface area contributed by atoms with Gasteiger partial charge in [0.15, 0.2) is 11.5 Å². The van der Waals surface area contributed by atoms with Crippen LogP contribution in [-0.4, -0.2) is 16.3 Å². The monoisotopic (exact) mass is 287 g/mol. The maximum absolute atomic E-state index is 12.3. The first-order chi connectivity index (χ1) is 9.85. The van der Waals surface area contributed by atoms with E-state index in [-0.39, 0.29) is 0 Å². The molecule has 0 radical (unpaired) electrons. The van der Waals surface area contributed by atoms with Crippen molar-refractivity contribution in [1.29, 1.82) is 0 Å². The molecule has 0 bridgehead atoms. The number of fused-ring (bicyclic) bond motifs is 1. The average molecular weight is 287 g/mol. The van der Waals surface area contributed by atoms with Crippen LogP contribution in [0.4, 0.5) is 4.79 Å². The van der Waals surface area contributed by atoms with Gasteiger partial charge in [0.2, 0.25) is 0 Å². The van der Waals surface area contributed by atoms with E-state index in [1.807, 2.05) is 52.0 Å². The molecule has 0 aliphatic carbocycles. The molecule has 0 saturated carbocycles. The Hall–Kier alpha value is -2.43. The Morgan fingerprint density at radius 2 is 1.90 bits per heavy atom. The molecule has 0 atom stereocenters. The fourth-order valence-corrected chi connectivity index (χ4v) is 2.00. The molecule has 2 heterocycles. The van der Waals surface area contributed by atoms with Crippen LogP contribution >= 0.6 is 0 Å². The van der Waals surface area contributed by atoms with Crippen LogP contribution in [0.5, 0.6) is 5.75 Å². The third-order valence-electron chi connectivity index (χ3n) is 2.96. The number of carbonyl (C=O) groups excluding carboxylic acids is 1. The number of allylic oxidation sites excluding steroid dienone is 1. The summed E-state index contributed by atoms with van der Waals surface area (Å²) in [6.07, 6.45) is 1.19. The lowest BCUT2D eigenvalue weighted by Crippen LogP contribution is -2.26. The molecule has 5 heteroatoms. The molecular weight excluding hydrogens is 270 g/mol. The minimum atomic E-state index is -0.553. The van der Waals surface area contributed by atoms with Crippen LogP contribution in [0.2, 0.25) is 0 Å². The maximum Gasteiger partial charge on any atom is 0.419 e. The number of hydrogen-bond donors (Lipinski definition) is 0. The molecule has 1 aliphatic heterocycles. The molecule has 0 amide bonds. The lowest BCUT2D eigenvalue weighted by atomic mass is 10.2. The van der Waals surface area contributed by atoms with Gasteiger partial charge < -0.3 is 14.2 Å². The van der Waals surface area contributed by atoms with Gasteiger partial charge >= 0.3 is 12.0 Å². The van der Waals surface area contributed by atoms with Gasteiger partial charge in [0.25, 0.3) is 0 Å². The SMILES string of the molecule is CC1=C(Oc2cn(C(=O)OC(C)(C)C)c3ccccc23)O1. The fraction of sp³-hybridized carbons (Fsp3) is 0.312. The van der Waals surface area contributed by atoms with E-state index in [1.165, 1.54) is 4.57 Å². The number of carbonyl (C=O) groups is 1. The van der Waals surface area contributed by atoms with Gasteiger partial charge in [-0.3, -0.25) is 0 Å². The number of rotatable bonds is 2. The van der Waals surface area contributed by atoms with Crippen LogP contribution in [0.1, 0.15) is 27.7 Å². The molecule has 21 heavy (non-hydrogen) atoms. The van der Waals surface area contributed by atoms with Gasteiger partial charge in [0.1, 0.15) is 5.60 Å². The number of hydrogen-bond acceptors (Lipinski definition) is 4. The van der Waals surface area contributed by atoms with Crippen molar-refractivity contribution in [2.24, 2.45) is 0 Å². The average Bonchev–Trinajstić information content (AvgIpc) is 2.95. The second-order valence-electron chi connectivity index (χ2n) is 5.91. The largest absolute Gasteiger partial charge is 0.443 e. The second kappa shape index (κ2) is 4.55.